The summed E-state index contributed by atoms with van der Waals surface area (Å²) in [7, 11) is 0. The van der Waals surface area contributed by atoms with Crippen molar-refractivity contribution < 1.29 is 15.0 Å². The van der Waals surface area contributed by atoms with E-state index in [1.54, 1.807) is 25.3 Å². The molecule has 0 fully saturated rings. The molecule has 3 rings (SSSR count). The molecule has 0 spiro atoms. The van der Waals surface area contributed by atoms with Gasteiger partial charge in [0.05, 0.1) is 5.52 Å². The van der Waals surface area contributed by atoms with Gasteiger partial charge >= 0.3 is 5.97 Å². The molecular formula is C13H12N2O3. The molecular weight excluding hydrogens is 232 g/mol. The van der Waals surface area contributed by atoms with Gasteiger partial charge < -0.3 is 15.2 Å². The first-order valence-electron chi connectivity index (χ1n) is 5.67. The van der Waals surface area contributed by atoms with Crippen LogP contribution in [0.1, 0.15) is 18.1 Å². The highest BCUT2D eigenvalue weighted by Gasteiger charge is 2.24. The fourth-order valence-electron chi connectivity index (χ4n) is 2.47. The Bertz CT molecular complexity index is 685. The minimum Gasteiger partial charge on any atom is -0.506 e. The van der Waals surface area contributed by atoms with Crippen molar-refractivity contribution >= 4 is 22.6 Å². The molecule has 3 N–H and O–H groups in total. The molecule has 0 saturated heterocycles. The third kappa shape index (κ3) is 1.40. The van der Waals surface area contributed by atoms with Crippen LogP contribution in [0, 0.1) is 0 Å². The third-order valence-corrected chi connectivity index (χ3v) is 3.33. The molecule has 1 atom stereocenters. The van der Waals surface area contributed by atoms with Crippen LogP contribution in [0.5, 0.6) is 5.75 Å². The SMILES string of the molecule is CC1=N[C@H](C(=O)O)Cc2c[nH]c3c(O)ccc1c23. The van der Waals surface area contributed by atoms with Crippen LogP contribution < -0.4 is 0 Å². The summed E-state index contributed by atoms with van der Waals surface area (Å²) in [5.74, 6) is -0.762. The zero-order chi connectivity index (χ0) is 12.9. The number of carbonyl (C=O) groups is 1. The van der Waals surface area contributed by atoms with Crippen molar-refractivity contribution in [3.8, 4) is 5.75 Å². The average molecular weight is 244 g/mol. The van der Waals surface area contributed by atoms with Gasteiger partial charge in [0, 0.05) is 29.3 Å². The van der Waals surface area contributed by atoms with Gasteiger partial charge in [-0.3, -0.25) is 4.99 Å². The van der Waals surface area contributed by atoms with Crippen molar-refractivity contribution in [2.75, 3.05) is 0 Å². The Morgan fingerprint density at radius 2 is 2.28 bits per heavy atom. The van der Waals surface area contributed by atoms with Crippen LogP contribution in [0.3, 0.4) is 0 Å². The van der Waals surface area contributed by atoms with E-state index in [-0.39, 0.29) is 5.75 Å². The van der Waals surface area contributed by atoms with E-state index in [1.165, 1.54) is 0 Å². The molecule has 1 aliphatic heterocycles. The number of aliphatic imine (C=N–C) groups is 1. The van der Waals surface area contributed by atoms with Gasteiger partial charge in [0.1, 0.15) is 5.75 Å². The lowest BCUT2D eigenvalue weighted by Gasteiger charge is -2.05. The molecule has 18 heavy (non-hydrogen) atoms. The van der Waals surface area contributed by atoms with Crippen LogP contribution in [0.2, 0.25) is 0 Å². The summed E-state index contributed by atoms with van der Waals surface area (Å²) in [6, 6.07) is 2.61. The Morgan fingerprint density at radius 1 is 1.50 bits per heavy atom. The lowest BCUT2D eigenvalue weighted by Crippen LogP contribution is -2.20. The number of aromatic amines is 1. The Labute approximate surface area is 103 Å². The molecule has 0 aliphatic carbocycles. The number of nitrogens with zero attached hydrogens (tertiary/aromatic N) is 1. The Balaban J connectivity index is 2.33. The second kappa shape index (κ2) is 3.60. The van der Waals surface area contributed by atoms with Crippen LogP contribution >= 0.6 is 0 Å². The number of H-pyrrole nitrogens is 1. The minimum absolute atomic E-state index is 0.168. The van der Waals surface area contributed by atoms with Crippen LogP contribution in [0.25, 0.3) is 10.9 Å². The standard InChI is InChI=1S/C13H12N2O3/c1-6-8-2-3-10(16)12-11(8)7(5-14-12)4-9(15-6)13(17)18/h2-3,5,9,14,16H,4H2,1H3,(H,17,18)/t9-/m0/s1. The summed E-state index contributed by atoms with van der Waals surface area (Å²) in [6.45, 7) is 1.80. The van der Waals surface area contributed by atoms with Gasteiger partial charge in [-0.2, -0.15) is 0 Å². The molecule has 92 valence electrons. The highest BCUT2D eigenvalue weighted by molar-refractivity contribution is 6.12. The number of carboxylic acids is 1. The van der Waals surface area contributed by atoms with Gasteiger partial charge in [0.15, 0.2) is 6.04 Å². The molecule has 1 aliphatic rings. The largest absolute Gasteiger partial charge is 0.506 e. The number of aliphatic carboxylic acids is 1. The monoisotopic (exact) mass is 244 g/mol. The molecule has 5 nitrogen and oxygen atoms in total. The molecule has 0 bridgehead atoms. The maximum Gasteiger partial charge on any atom is 0.328 e. The maximum absolute atomic E-state index is 11.1. The van der Waals surface area contributed by atoms with Crippen LogP contribution in [0.15, 0.2) is 23.3 Å². The van der Waals surface area contributed by atoms with Gasteiger partial charge in [-0.15, -0.1) is 0 Å². The number of benzene rings is 1. The fourth-order valence-corrected chi connectivity index (χ4v) is 2.47. The quantitative estimate of drug-likeness (QED) is 0.713. The van der Waals surface area contributed by atoms with E-state index < -0.39 is 12.0 Å². The van der Waals surface area contributed by atoms with Crippen LogP contribution in [0.4, 0.5) is 0 Å². The number of rotatable bonds is 1. The molecule has 0 radical (unpaired) electrons. The van der Waals surface area contributed by atoms with E-state index >= 15 is 0 Å². The first-order chi connectivity index (χ1) is 8.58. The summed E-state index contributed by atoms with van der Waals surface area (Å²) >= 11 is 0. The van der Waals surface area contributed by atoms with E-state index in [9.17, 15) is 9.90 Å². The van der Waals surface area contributed by atoms with E-state index in [1.807, 2.05) is 0 Å². The summed E-state index contributed by atoms with van der Waals surface area (Å²) in [4.78, 5) is 18.4. The Morgan fingerprint density at radius 3 is 3.00 bits per heavy atom. The first kappa shape index (κ1) is 10.8. The van der Waals surface area contributed by atoms with Crippen molar-refractivity contribution in [1.82, 2.24) is 4.98 Å². The normalized spacial score (nSPS) is 18.5. The number of aromatic nitrogens is 1. The number of phenolic OH excluding ortho intramolecular Hbond substituents is 1. The predicted molar refractivity (Wildman–Crippen MR) is 67.3 cm³/mol. The summed E-state index contributed by atoms with van der Waals surface area (Å²) < 4.78 is 0. The van der Waals surface area contributed by atoms with Crippen molar-refractivity contribution in [3.63, 3.8) is 0 Å². The molecule has 5 heteroatoms. The van der Waals surface area contributed by atoms with Crippen LogP contribution in [-0.2, 0) is 11.2 Å². The fraction of sp³-hybridized carbons (Fsp3) is 0.231. The average Bonchev–Trinajstić information content (AvgIpc) is 2.67. The Kier molecular flexibility index (Phi) is 2.16. The zero-order valence-electron chi connectivity index (χ0n) is 9.77. The summed E-state index contributed by atoms with van der Waals surface area (Å²) in [5, 5.41) is 19.8. The maximum atomic E-state index is 11.1. The van der Waals surface area contributed by atoms with Crippen molar-refractivity contribution in [2.24, 2.45) is 4.99 Å². The third-order valence-electron chi connectivity index (χ3n) is 3.33. The minimum atomic E-state index is -0.930. The molecule has 2 aromatic rings. The zero-order valence-corrected chi connectivity index (χ0v) is 9.77. The molecule has 1 aromatic heterocycles. The number of nitrogens with one attached hydrogen (secondary N) is 1. The van der Waals surface area contributed by atoms with Crippen molar-refractivity contribution in [3.05, 3.63) is 29.5 Å². The number of aromatic hydroxyl groups is 1. The molecule has 2 heterocycles. The molecule has 0 saturated carbocycles. The first-order valence-corrected chi connectivity index (χ1v) is 5.67. The van der Waals surface area contributed by atoms with Crippen LogP contribution in [-0.4, -0.2) is 32.9 Å². The smallest absolute Gasteiger partial charge is 0.328 e. The van der Waals surface area contributed by atoms with E-state index in [4.69, 9.17) is 5.11 Å². The Hall–Kier alpha value is -2.30. The second-order valence-corrected chi connectivity index (χ2v) is 4.47. The lowest BCUT2D eigenvalue weighted by atomic mass is 10.0. The number of hydrogen-bond acceptors (Lipinski definition) is 3. The van der Waals surface area contributed by atoms with Gasteiger partial charge in [0.2, 0.25) is 0 Å². The van der Waals surface area contributed by atoms with E-state index in [0.717, 1.165) is 16.5 Å². The molecule has 1 aromatic carbocycles. The predicted octanol–water partition coefficient (Wildman–Crippen LogP) is 1.69. The number of phenols is 1. The van der Waals surface area contributed by atoms with Crippen molar-refractivity contribution in [1.29, 1.82) is 0 Å². The van der Waals surface area contributed by atoms with E-state index in [0.29, 0.717) is 17.6 Å². The second-order valence-electron chi connectivity index (χ2n) is 4.47. The topological polar surface area (TPSA) is 85.7 Å². The number of hydrogen-bond donors (Lipinski definition) is 3. The molecule has 0 unspecified atom stereocenters. The lowest BCUT2D eigenvalue weighted by molar-refractivity contribution is -0.138. The summed E-state index contributed by atoms with van der Waals surface area (Å²) in [6.07, 6.45) is 2.08. The van der Waals surface area contributed by atoms with Gasteiger partial charge in [-0.05, 0) is 24.6 Å². The van der Waals surface area contributed by atoms with Gasteiger partial charge in [-0.25, -0.2) is 4.79 Å². The summed E-state index contributed by atoms with van der Waals surface area (Å²) in [5.41, 5.74) is 3.08. The van der Waals surface area contributed by atoms with Gasteiger partial charge in [0.25, 0.3) is 0 Å². The highest BCUT2D eigenvalue weighted by atomic mass is 16.4. The van der Waals surface area contributed by atoms with E-state index in [2.05, 4.69) is 9.98 Å². The van der Waals surface area contributed by atoms with Crippen molar-refractivity contribution in [2.45, 2.75) is 19.4 Å². The molecule has 0 amide bonds. The number of carboxylic acid groups (broad SMARTS) is 1. The highest BCUT2D eigenvalue weighted by Crippen LogP contribution is 2.32. The van der Waals surface area contributed by atoms with Gasteiger partial charge in [-0.1, -0.05) is 0 Å².